The SMILES string of the molecule is COc1c(C2CCc3cc(F)ccc3C2)ccc(F)c1F. The van der Waals surface area contributed by atoms with Gasteiger partial charge in [-0.3, -0.25) is 0 Å². The van der Waals surface area contributed by atoms with Crippen LogP contribution in [0.5, 0.6) is 5.75 Å². The minimum atomic E-state index is -0.945. The number of hydrogen-bond acceptors (Lipinski definition) is 1. The van der Waals surface area contributed by atoms with E-state index in [1.165, 1.54) is 13.2 Å². The standard InChI is InChI=1S/C17H15F3O/c1-21-17-14(6-7-15(19)16(17)20)12-3-2-11-9-13(18)5-4-10(11)8-12/h4-7,9,12H,2-3,8H2,1H3. The van der Waals surface area contributed by atoms with Crippen molar-refractivity contribution in [1.82, 2.24) is 0 Å². The molecule has 1 atom stereocenters. The summed E-state index contributed by atoms with van der Waals surface area (Å²) in [7, 11) is 1.34. The number of benzene rings is 2. The number of hydrogen-bond donors (Lipinski definition) is 0. The van der Waals surface area contributed by atoms with Crippen molar-refractivity contribution in [2.75, 3.05) is 7.11 Å². The van der Waals surface area contributed by atoms with E-state index >= 15 is 0 Å². The molecule has 0 fully saturated rings. The van der Waals surface area contributed by atoms with E-state index in [0.717, 1.165) is 30.0 Å². The van der Waals surface area contributed by atoms with Gasteiger partial charge in [-0.05, 0) is 54.5 Å². The molecule has 1 aliphatic rings. The van der Waals surface area contributed by atoms with Gasteiger partial charge in [0.05, 0.1) is 7.11 Å². The zero-order valence-corrected chi connectivity index (χ0v) is 11.6. The number of aryl methyl sites for hydroxylation is 1. The van der Waals surface area contributed by atoms with E-state index in [0.29, 0.717) is 12.0 Å². The lowest BCUT2D eigenvalue weighted by atomic mass is 9.80. The van der Waals surface area contributed by atoms with Crippen molar-refractivity contribution in [2.45, 2.75) is 25.2 Å². The third-order valence-electron chi connectivity index (χ3n) is 4.12. The van der Waals surface area contributed by atoms with Crippen LogP contribution in [0.15, 0.2) is 30.3 Å². The molecule has 110 valence electrons. The Bertz CT molecular complexity index is 682. The molecule has 3 rings (SSSR count). The fraction of sp³-hybridized carbons (Fsp3) is 0.294. The first kappa shape index (κ1) is 14.0. The zero-order chi connectivity index (χ0) is 15.0. The highest BCUT2D eigenvalue weighted by molar-refractivity contribution is 5.42. The van der Waals surface area contributed by atoms with Gasteiger partial charge in [0.2, 0.25) is 5.82 Å². The normalized spacial score (nSPS) is 17.4. The largest absolute Gasteiger partial charge is 0.493 e. The molecule has 0 aliphatic heterocycles. The molecule has 0 aromatic heterocycles. The second-order valence-corrected chi connectivity index (χ2v) is 5.34. The molecular weight excluding hydrogens is 277 g/mol. The minimum Gasteiger partial charge on any atom is -0.493 e. The van der Waals surface area contributed by atoms with Crippen LogP contribution in [0.3, 0.4) is 0 Å². The highest BCUT2D eigenvalue weighted by atomic mass is 19.2. The van der Waals surface area contributed by atoms with Crippen molar-refractivity contribution in [1.29, 1.82) is 0 Å². The third-order valence-corrected chi connectivity index (χ3v) is 4.12. The van der Waals surface area contributed by atoms with Crippen molar-refractivity contribution in [3.8, 4) is 5.75 Å². The molecule has 21 heavy (non-hydrogen) atoms. The smallest absolute Gasteiger partial charge is 0.200 e. The molecule has 1 unspecified atom stereocenters. The lowest BCUT2D eigenvalue weighted by Gasteiger charge is -2.26. The maximum Gasteiger partial charge on any atom is 0.200 e. The van der Waals surface area contributed by atoms with Gasteiger partial charge in [-0.25, -0.2) is 8.78 Å². The van der Waals surface area contributed by atoms with Crippen LogP contribution in [-0.4, -0.2) is 7.11 Å². The molecule has 2 aromatic rings. The van der Waals surface area contributed by atoms with Crippen LogP contribution in [0, 0.1) is 17.5 Å². The van der Waals surface area contributed by atoms with Crippen molar-refractivity contribution < 1.29 is 17.9 Å². The maximum atomic E-state index is 13.8. The number of rotatable bonds is 2. The Kier molecular flexibility index (Phi) is 3.62. The summed E-state index contributed by atoms with van der Waals surface area (Å²) in [5.74, 6) is -2.06. The van der Waals surface area contributed by atoms with Gasteiger partial charge >= 0.3 is 0 Å². The first-order chi connectivity index (χ1) is 10.1. The lowest BCUT2D eigenvalue weighted by Crippen LogP contribution is -2.14. The summed E-state index contributed by atoms with van der Waals surface area (Å²) in [5, 5.41) is 0. The molecule has 0 bridgehead atoms. The van der Waals surface area contributed by atoms with E-state index in [1.54, 1.807) is 18.2 Å². The van der Waals surface area contributed by atoms with Gasteiger partial charge in [0, 0.05) is 5.56 Å². The molecule has 4 heteroatoms. The third kappa shape index (κ3) is 2.50. The Morgan fingerprint density at radius 1 is 1.05 bits per heavy atom. The lowest BCUT2D eigenvalue weighted by molar-refractivity contribution is 0.361. The molecule has 0 spiro atoms. The first-order valence-corrected chi connectivity index (χ1v) is 6.89. The summed E-state index contributed by atoms with van der Waals surface area (Å²) in [6, 6.07) is 7.46. The highest BCUT2D eigenvalue weighted by Gasteiger charge is 2.25. The number of methoxy groups -OCH3 is 1. The Hall–Kier alpha value is -1.97. The Morgan fingerprint density at radius 3 is 2.62 bits per heavy atom. The molecule has 0 N–H and O–H groups in total. The Balaban J connectivity index is 1.96. The van der Waals surface area contributed by atoms with E-state index in [2.05, 4.69) is 0 Å². The van der Waals surface area contributed by atoms with E-state index < -0.39 is 11.6 Å². The fourth-order valence-electron chi connectivity index (χ4n) is 3.06. The van der Waals surface area contributed by atoms with E-state index in [4.69, 9.17) is 4.74 Å². The van der Waals surface area contributed by atoms with Crippen LogP contribution < -0.4 is 4.74 Å². The van der Waals surface area contributed by atoms with Gasteiger partial charge in [0.1, 0.15) is 5.82 Å². The minimum absolute atomic E-state index is 0.0226. The van der Waals surface area contributed by atoms with E-state index in [1.807, 2.05) is 0 Å². The molecule has 1 nitrogen and oxygen atoms in total. The van der Waals surface area contributed by atoms with Crippen molar-refractivity contribution in [3.63, 3.8) is 0 Å². The van der Waals surface area contributed by atoms with Gasteiger partial charge in [0.25, 0.3) is 0 Å². The summed E-state index contributed by atoms with van der Waals surface area (Å²) in [5.41, 5.74) is 2.72. The summed E-state index contributed by atoms with van der Waals surface area (Å²) in [6.07, 6.45) is 2.16. The summed E-state index contributed by atoms with van der Waals surface area (Å²) < 4.78 is 45.4. The molecule has 0 saturated heterocycles. The number of halogens is 3. The quantitative estimate of drug-likeness (QED) is 0.798. The number of fused-ring (bicyclic) bond motifs is 1. The molecular formula is C17H15F3O. The monoisotopic (exact) mass is 292 g/mol. The summed E-state index contributed by atoms with van der Waals surface area (Å²) in [4.78, 5) is 0. The highest BCUT2D eigenvalue weighted by Crippen LogP contribution is 2.38. The van der Waals surface area contributed by atoms with Crippen LogP contribution >= 0.6 is 0 Å². The Morgan fingerprint density at radius 2 is 1.86 bits per heavy atom. The second kappa shape index (κ2) is 5.43. The Labute approximate surface area is 121 Å². The fourth-order valence-corrected chi connectivity index (χ4v) is 3.06. The molecule has 0 saturated carbocycles. The average molecular weight is 292 g/mol. The molecule has 1 aliphatic carbocycles. The van der Waals surface area contributed by atoms with Crippen molar-refractivity contribution in [3.05, 3.63) is 64.5 Å². The predicted octanol–water partition coefficient (Wildman–Crippen LogP) is 4.39. The topological polar surface area (TPSA) is 9.23 Å². The van der Waals surface area contributed by atoms with Crippen LogP contribution in [0.2, 0.25) is 0 Å². The van der Waals surface area contributed by atoms with Crippen molar-refractivity contribution >= 4 is 0 Å². The van der Waals surface area contributed by atoms with Crippen LogP contribution in [0.25, 0.3) is 0 Å². The van der Waals surface area contributed by atoms with Crippen LogP contribution in [-0.2, 0) is 12.8 Å². The van der Waals surface area contributed by atoms with Gasteiger partial charge in [-0.2, -0.15) is 4.39 Å². The van der Waals surface area contributed by atoms with Gasteiger partial charge in [-0.15, -0.1) is 0 Å². The average Bonchev–Trinajstić information content (AvgIpc) is 2.49. The van der Waals surface area contributed by atoms with Crippen molar-refractivity contribution in [2.24, 2.45) is 0 Å². The van der Waals surface area contributed by atoms with E-state index in [-0.39, 0.29) is 17.5 Å². The molecule has 0 heterocycles. The molecule has 2 aromatic carbocycles. The number of ether oxygens (including phenoxy) is 1. The van der Waals surface area contributed by atoms with Crippen LogP contribution in [0.4, 0.5) is 13.2 Å². The summed E-state index contributed by atoms with van der Waals surface area (Å²) in [6.45, 7) is 0. The predicted molar refractivity (Wildman–Crippen MR) is 74.1 cm³/mol. The van der Waals surface area contributed by atoms with Gasteiger partial charge in [0.15, 0.2) is 11.6 Å². The van der Waals surface area contributed by atoms with Gasteiger partial charge < -0.3 is 4.74 Å². The molecule has 0 amide bonds. The summed E-state index contributed by atoms with van der Waals surface area (Å²) >= 11 is 0. The van der Waals surface area contributed by atoms with Gasteiger partial charge in [-0.1, -0.05) is 12.1 Å². The van der Waals surface area contributed by atoms with Crippen LogP contribution in [0.1, 0.15) is 29.0 Å². The van der Waals surface area contributed by atoms with E-state index in [9.17, 15) is 13.2 Å². The molecule has 0 radical (unpaired) electrons. The zero-order valence-electron chi connectivity index (χ0n) is 11.6. The second-order valence-electron chi connectivity index (χ2n) is 5.34. The maximum absolute atomic E-state index is 13.8. The first-order valence-electron chi connectivity index (χ1n) is 6.89.